The van der Waals surface area contributed by atoms with Gasteiger partial charge in [0.2, 0.25) is 0 Å². The van der Waals surface area contributed by atoms with Crippen molar-refractivity contribution < 1.29 is 29.6 Å². The molecule has 1 aromatic heterocycles. The SMILES string of the molecule is Cc1nnc([S-])n1-c1ccccc1.[Na+]. The first-order valence-corrected chi connectivity index (χ1v) is 4.34. The van der Waals surface area contributed by atoms with E-state index in [4.69, 9.17) is 12.6 Å². The Balaban J connectivity index is 0.000000980. The van der Waals surface area contributed by atoms with Crippen molar-refractivity contribution in [2.24, 2.45) is 0 Å². The zero-order valence-corrected chi connectivity index (χ0v) is 11.0. The Bertz CT molecular complexity index is 394. The number of aromatic nitrogens is 3. The van der Waals surface area contributed by atoms with E-state index < -0.39 is 0 Å². The number of para-hydroxylation sites is 1. The minimum absolute atomic E-state index is 0. The van der Waals surface area contributed by atoms with Crippen LogP contribution in [-0.2, 0) is 12.6 Å². The van der Waals surface area contributed by atoms with Crippen molar-refractivity contribution in [2.75, 3.05) is 0 Å². The second-order valence-corrected chi connectivity index (χ2v) is 3.07. The summed E-state index contributed by atoms with van der Waals surface area (Å²) >= 11 is 5.04. The maximum Gasteiger partial charge on any atom is 1.00 e. The van der Waals surface area contributed by atoms with E-state index in [1.165, 1.54) is 0 Å². The topological polar surface area (TPSA) is 30.7 Å². The summed E-state index contributed by atoms with van der Waals surface area (Å²) in [6.07, 6.45) is 0. The summed E-state index contributed by atoms with van der Waals surface area (Å²) < 4.78 is 1.84. The van der Waals surface area contributed by atoms with Crippen LogP contribution in [0.1, 0.15) is 5.82 Å². The maximum absolute atomic E-state index is 5.04. The molecule has 2 rings (SSSR count). The summed E-state index contributed by atoms with van der Waals surface area (Å²) in [7, 11) is 0. The molecule has 2 aromatic rings. The van der Waals surface area contributed by atoms with E-state index in [1.807, 2.05) is 41.8 Å². The number of hydrogen-bond acceptors (Lipinski definition) is 3. The molecule has 5 heteroatoms. The van der Waals surface area contributed by atoms with Crippen LogP contribution in [0.25, 0.3) is 5.69 Å². The number of hydrogen-bond donors (Lipinski definition) is 0. The monoisotopic (exact) mass is 213 g/mol. The summed E-state index contributed by atoms with van der Waals surface area (Å²) in [5.41, 5.74) is 1.01. The normalized spacial score (nSPS) is 9.50. The predicted octanol–water partition coefficient (Wildman–Crippen LogP) is -1.51. The van der Waals surface area contributed by atoms with Gasteiger partial charge >= 0.3 is 29.6 Å². The zero-order valence-electron chi connectivity index (χ0n) is 8.14. The van der Waals surface area contributed by atoms with Gasteiger partial charge in [-0.05, 0) is 19.1 Å². The van der Waals surface area contributed by atoms with Crippen LogP contribution in [0.15, 0.2) is 35.5 Å². The van der Waals surface area contributed by atoms with Crippen LogP contribution in [0, 0.1) is 6.92 Å². The standard InChI is InChI=1S/C9H9N3S.Na/c1-7-10-11-9(13)12(7)8-5-3-2-4-6-8;/h2-6H,1H3,(H,11,13);/q;+1/p-1. The molecule has 0 fully saturated rings. The molecule has 1 heterocycles. The molecule has 0 atom stereocenters. The fraction of sp³-hybridized carbons (Fsp3) is 0.111. The summed E-state index contributed by atoms with van der Waals surface area (Å²) in [5.74, 6) is 0.816. The van der Waals surface area contributed by atoms with Crippen LogP contribution in [0.2, 0.25) is 0 Å². The molecule has 0 amide bonds. The van der Waals surface area contributed by atoms with Gasteiger partial charge in [-0.3, -0.25) is 0 Å². The maximum atomic E-state index is 5.04. The first kappa shape index (κ1) is 11.7. The van der Waals surface area contributed by atoms with Crippen LogP contribution in [-0.4, -0.2) is 14.8 Å². The Hall–Kier alpha value is -0.420. The summed E-state index contributed by atoms with van der Waals surface area (Å²) in [6.45, 7) is 1.88. The Morgan fingerprint density at radius 2 is 1.79 bits per heavy atom. The molecule has 14 heavy (non-hydrogen) atoms. The molecule has 0 unspecified atom stereocenters. The van der Waals surface area contributed by atoms with Gasteiger partial charge in [0.25, 0.3) is 0 Å². The van der Waals surface area contributed by atoms with Crippen molar-refractivity contribution >= 4 is 12.6 Å². The number of aryl methyl sites for hydroxylation is 1. The Morgan fingerprint density at radius 1 is 1.14 bits per heavy atom. The van der Waals surface area contributed by atoms with Gasteiger partial charge in [0, 0.05) is 10.8 Å². The predicted molar refractivity (Wildman–Crippen MR) is 51.7 cm³/mol. The second-order valence-electron chi connectivity index (χ2n) is 2.70. The molecular weight excluding hydrogens is 205 g/mol. The van der Waals surface area contributed by atoms with E-state index in [-0.39, 0.29) is 29.6 Å². The van der Waals surface area contributed by atoms with Gasteiger partial charge in [-0.25, -0.2) is 0 Å². The number of nitrogens with zero attached hydrogens (tertiary/aromatic N) is 3. The molecule has 0 radical (unpaired) electrons. The van der Waals surface area contributed by atoms with Gasteiger partial charge in [0.15, 0.2) is 0 Å². The molecule has 0 N–H and O–H groups in total. The van der Waals surface area contributed by atoms with Gasteiger partial charge in [-0.2, -0.15) is 5.10 Å². The number of benzene rings is 1. The Kier molecular flexibility index (Phi) is 4.07. The van der Waals surface area contributed by atoms with Crippen LogP contribution < -0.4 is 29.6 Å². The van der Waals surface area contributed by atoms with E-state index >= 15 is 0 Å². The molecule has 0 aliphatic heterocycles. The quantitative estimate of drug-likeness (QED) is 0.426. The molecule has 3 nitrogen and oxygen atoms in total. The van der Waals surface area contributed by atoms with Gasteiger partial charge in [-0.15, -0.1) is 5.10 Å². The summed E-state index contributed by atoms with van der Waals surface area (Å²) in [4.78, 5) is 0. The first-order chi connectivity index (χ1) is 6.29. The average Bonchev–Trinajstić information content (AvgIpc) is 2.48. The smallest absolute Gasteiger partial charge is 0.740 e. The van der Waals surface area contributed by atoms with E-state index in [0.717, 1.165) is 11.5 Å². The molecule has 0 spiro atoms. The fourth-order valence-electron chi connectivity index (χ4n) is 1.22. The molecule has 0 saturated heterocycles. The largest absolute Gasteiger partial charge is 1.00 e. The van der Waals surface area contributed by atoms with Crippen molar-refractivity contribution in [3.63, 3.8) is 0 Å². The fourth-order valence-corrected chi connectivity index (χ4v) is 1.50. The van der Waals surface area contributed by atoms with Crippen LogP contribution >= 0.6 is 0 Å². The van der Waals surface area contributed by atoms with Gasteiger partial charge in [0.1, 0.15) is 5.82 Å². The summed E-state index contributed by atoms with van der Waals surface area (Å²) in [6, 6.07) is 9.84. The van der Waals surface area contributed by atoms with Crippen molar-refractivity contribution in [1.29, 1.82) is 0 Å². The average molecular weight is 213 g/mol. The van der Waals surface area contributed by atoms with Crippen molar-refractivity contribution in [3.8, 4) is 5.69 Å². The Morgan fingerprint density at radius 3 is 2.29 bits per heavy atom. The van der Waals surface area contributed by atoms with Gasteiger partial charge in [0.05, 0.1) is 0 Å². The molecule has 0 bridgehead atoms. The third kappa shape index (κ3) is 2.15. The first-order valence-electron chi connectivity index (χ1n) is 3.93. The molecule has 0 aliphatic rings. The van der Waals surface area contributed by atoms with Crippen molar-refractivity contribution in [2.45, 2.75) is 12.1 Å². The molecular formula is C9H8N3NaS. The minimum Gasteiger partial charge on any atom is -0.740 e. The van der Waals surface area contributed by atoms with Crippen LogP contribution in [0.5, 0.6) is 0 Å². The minimum atomic E-state index is 0. The third-order valence-electron chi connectivity index (χ3n) is 1.81. The van der Waals surface area contributed by atoms with Crippen LogP contribution in [0.3, 0.4) is 0 Å². The van der Waals surface area contributed by atoms with Crippen LogP contribution in [0.4, 0.5) is 0 Å². The van der Waals surface area contributed by atoms with E-state index in [0.29, 0.717) is 5.16 Å². The van der Waals surface area contributed by atoms with E-state index in [2.05, 4.69) is 10.2 Å². The zero-order chi connectivity index (χ0) is 9.26. The molecule has 0 aliphatic carbocycles. The Labute approximate surface area is 110 Å². The third-order valence-corrected chi connectivity index (χ3v) is 2.07. The molecule has 1 aromatic carbocycles. The molecule has 66 valence electrons. The second kappa shape index (κ2) is 4.89. The van der Waals surface area contributed by atoms with E-state index in [9.17, 15) is 0 Å². The molecule has 0 saturated carbocycles. The number of rotatable bonds is 1. The van der Waals surface area contributed by atoms with Gasteiger partial charge in [-0.1, -0.05) is 18.2 Å². The van der Waals surface area contributed by atoms with Crippen molar-refractivity contribution in [3.05, 3.63) is 36.2 Å². The van der Waals surface area contributed by atoms with Gasteiger partial charge < -0.3 is 17.2 Å². The van der Waals surface area contributed by atoms with E-state index in [1.54, 1.807) is 0 Å². The van der Waals surface area contributed by atoms with Crippen molar-refractivity contribution in [1.82, 2.24) is 14.8 Å². The summed E-state index contributed by atoms with van der Waals surface area (Å²) in [5, 5.41) is 8.23.